The van der Waals surface area contributed by atoms with Gasteiger partial charge in [-0.1, -0.05) is 41.2 Å². The van der Waals surface area contributed by atoms with Gasteiger partial charge < -0.3 is 4.74 Å². The molecule has 0 aliphatic carbocycles. The minimum Gasteiger partial charge on any atom is -0.497 e. The molecule has 31 heavy (non-hydrogen) atoms. The van der Waals surface area contributed by atoms with Crippen molar-refractivity contribution in [3.8, 4) is 16.3 Å². The molecule has 1 saturated heterocycles. The van der Waals surface area contributed by atoms with Crippen LogP contribution in [-0.4, -0.2) is 48.5 Å². The number of amides is 1. The molecule has 1 amide bonds. The highest BCUT2D eigenvalue weighted by atomic mass is 32.2. The first-order valence-corrected chi connectivity index (χ1v) is 12.0. The van der Waals surface area contributed by atoms with Gasteiger partial charge in [0.05, 0.1) is 12.0 Å². The predicted octanol–water partition coefficient (Wildman–Crippen LogP) is 3.31. The molecule has 1 unspecified atom stereocenters. The number of carbonyl (C=O) groups excluding carboxylic acids is 1. The zero-order valence-electron chi connectivity index (χ0n) is 17.1. The number of aryl methyl sites for hydroxylation is 1. The second-order valence-electron chi connectivity index (χ2n) is 7.22. The van der Waals surface area contributed by atoms with Crippen LogP contribution in [0, 0.1) is 6.92 Å². The number of hydrogen-bond donors (Lipinski definition) is 1. The minimum atomic E-state index is -3.76. The first kappa shape index (κ1) is 21.4. The van der Waals surface area contributed by atoms with Crippen molar-refractivity contribution in [2.75, 3.05) is 19.0 Å². The maximum absolute atomic E-state index is 13.1. The number of aromatic nitrogens is 2. The number of methoxy groups -OCH3 is 1. The van der Waals surface area contributed by atoms with Crippen LogP contribution in [0.2, 0.25) is 0 Å². The van der Waals surface area contributed by atoms with Crippen LogP contribution in [0.1, 0.15) is 18.4 Å². The average molecular weight is 459 g/mol. The van der Waals surface area contributed by atoms with E-state index in [1.807, 2.05) is 31.2 Å². The van der Waals surface area contributed by atoms with Crippen molar-refractivity contribution < 1.29 is 17.9 Å². The van der Waals surface area contributed by atoms with Gasteiger partial charge in [0.25, 0.3) is 0 Å². The zero-order valence-corrected chi connectivity index (χ0v) is 18.7. The Bertz CT molecular complexity index is 1190. The van der Waals surface area contributed by atoms with Crippen LogP contribution in [0.25, 0.3) is 10.6 Å². The monoisotopic (exact) mass is 458 g/mol. The summed E-state index contributed by atoms with van der Waals surface area (Å²) < 4.78 is 32.6. The van der Waals surface area contributed by atoms with Crippen LogP contribution in [-0.2, 0) is 14.8 Å². The third-order valence-electron chi connectivity index (χ3n) is 5.11. The number of nitrogens with zero attached hydrogens (tertiary/aromatic N) is 3. The van der Waals surface area contributed by atoms with Crippen molar-refractivity contribution in [2.45, 2.75) is 30.7 Å². The van der Waals surface area contributed by atoms with E-state index in [1.165, 1.54) is 15.6 Å². The Balaban J connectivity index is 1.50. The summed E-state index contributed by atoms with van der Waals surface area (Å²) in [7, 11) is -2.18. The first-order chi connectivity index (χ1) is 14.9. The van der Waals surface area contributed by atoms with Crippen LogP contribution in [0.15, 0.2) is 53.4 Å². The summed E-state index contributed by atoms with van der Waals surface area (Å²) in [4.78, 5) is 13.1. The standard InChI is InChI=1S/C21H22N4O4S2/c1-14-8-10-17(11-9-14)31(27,28)25-12-4-7-18(25)19(26)22-21-24-23-20(30-21)15-5-3-6-16(13-15)29-2/h3,5-6,8-11,13,18H,4,7,12H2,1-2H3,(H,22,24,26). The van der Waals surface area contributed by atoms with E-state index in [9.17, 15) is 13.2 Å². The van der Waals surface area contributed by atoms with Crippen molar-refractivity contribution >= 4 is 32.4 Å². The minimum absolute atomic E-state index is 0.189. The van der Waals surface area contributed by atoms with Crippen LogP contribution in [0.5, 0.6) is 5.75 Å². The highest BCUT2D eigenvalue weighted by molar-refractivity contribution is 7.89. The van der Waals surface area contributed by atoms with Gasteiger partial charge in [-0.2, -0.15) is 4.31 Å². The lowest BCUT2D eigenvalue weighted by Gasteiger charge is -2.23. The summed E-state index contributed by atoms with van der Waals surface area (Å²) in [5.41, 5.74) is 1.79. The summed E-state index contributed by atoms with van der Waals surface area (Å²) in [6, 6.07) is 13.2. The van der Waals surface area contributed by atoms with Gasteiger partial charge in [-0.15, -0.1) is 10.2 Å². The lowest BCUT2D eigenvalue weighted by Crippen LogP contribution is -2.43. The Kier molecular flexibility index (Phi) is 6.03. The van der Waals surface area contributed by atoms with Crippen LogP contribution in [0.4, 0.5) is 5.13 Å². The highest BCUT2D eigenvalue weighted by Gasteiger charge is 2.39. The van der Waals surface area contributed by atoms with Gasteiger partial charge >= 0.3 is 0 Å². The Morgan fingerprint density at radius 2 is 1.97 bits per heavy atom. The fourth-order valence-corrected chi connectivity index (χ4v) is 5.87. The Morgan fingerprint density at radius 3 is 2.71 bits per heavy atom. The van der Waals surface area contributed by atoms with Crippen molar-refractivity contribution in [2.24, 2.45) is 0 Å². The van der Waals surface area contributed by atoms with Gasteiger partial charge in [0.15, 0.2) is 0 Å². The van der Waals surface area contributed by atoms with E-state index in [2.05, 4.69) is 15.5 Å². The van der Waals surface area contributed by atoms with Crippen molar-refractivity contribution in [3.05, 3.63) is 54.1 Å². The van der Waals surface area contributed by atoms with E-state index >= 15 is 0 Å². The summed E-state index contributed by atoms with van der Waals surface area (Å²) in [5, 5.41) is 11.9. The van der Waals surface area contributed by atoms with E-state index in [4.69, 9.17) is 4.74 Å². The van der Waals surface area contributed by atoms with E-state index in [1.54, 1.807) is 31.4 Å². The van der Waals surface area contributed by atoms with E-state index in [0.29, 0.717) is 35.3 Å². The highest BCUT2D eigenvalue weighted by Crippen LogP contribution is 2.30. The van der Waals surface area contributed by atoms with Crippen molar-refractivity contribution in [1.82, 2.24) is 14.5 Å². The van der Waals surface area contributed by atoms with E-state index < -0.39 is 22.0 Å². The van der Waals surface area contributed by atoms with Gasteiger partial charge in [-0.05, 0) is 44.0 Å². The van der Waals surface area contributed by atoms with Gasteiger partial charge in [0, 0.05) is 12.1 Å². The third kappa shape index (κ3) is 4.46. The van der Waals surface area contributed by atoms with Crippen LogP contribution >= 0.6 is 11.3 Å². The second-order valence-corrected chi connectivity index (χ2v) is 10.1. The molecule has 1 aliphatic rings. The second kappa shape index (κ2) is 8.74. The number of rotatable bonds is 6. The van der Waals surface area contributed by atoms with Crippen molar-refractivity contribution in [3.63, 3.8) is 0 Å². The molecule has 1 fully saturated rings. The molecule has 3 aromatic rings. The Hall–Kier alpha value is -2.82. The summed E-state index contributed by atoms with van der Waals surface area (Å²) in [6.07, 6.45) is 1.08. The molecule has 10 heteroatoms. The first-order valence-electron chi connectivity index (χ1n) is 9.76. The lowest BCUT2D eigenvalue weighted by atomic mass is 10.2. The fourth-order valence-electron chi connectivity index (χ4n) is 3.47. The summed E-state index contributed by atoms with van der Waals surface area (Å²) >= 11 is 1.22. The molecule has 0 bridgehead atoms. The Morgan fingerprint density at radius 1 is 1.19 bits per heavy atom. The third-order valence-corrected chi connectivity index (χ3v) is 7.92. The molecule has 2 aromatic carbocycles. The van der Waals surface area contributed by atoms with E-state index in [-0.39, 0.29) is 4.90 Å². The maximum atomic E-state index is 13.1. The SMILES string of the molecule is COc1cccc(-c2nnc(NC(=O)C3CCCN3S(=O)(=O)c3ccc(C)cc3)s2)c1. The normalized spacial score (nSPS) is 16.9. The van der Waals surface area contributed by atoms with Gasteiger partial charge in [0.1, 0.15) is 16.8 Å². The topological polar surface area (TPSA) is 101 Å². The van der Waals surface area contributed by atoms with E-state index in [0.717, 1.165) is 11.1 Å². The number of sulfonamides is 1. The molecule has 0 saturated carbocycles. The summed E-state index contributed by atoms with van der Waals surface area (Å²) in [5.74, 6) is 0.294. The van der Waals surface area contributed by atoms with Gasteiger partial charge in [-0.3, -0.25) is 10.1 Å². The zero-order chi connectivity index (χ0) is 22.0. The summed E-state index contributed by atoms with van der Waals surface area (Å²) in [6.45, 7) is 2.20. The molecule has 0 radical (unpaired) electrons. The van der Waals surface area contributed by atoms with Crippen molar-refractivity contribution in [1.29, 1.82) is 0 Å². The van der Waals surface area contributed by atoms with Crippen LogP contribution in [0.3, 0.4) is 0 Å². The average Bonchev–Trinajstić information content (AvgIpc) is 3.44. The molecular formula is C21H22N4O4S2. The molecule has 2 heterocycles. The number of benzene rings is 2. The molecule has 0 spiro atoms. The molecule has 162 valence electrons. The molecular weight excluding hydrogens is 436 g/mol. The number of hydrogen-bond acceptors (Lipinski definition) is 7. The molecule has 4 rings (SSSR count). The molecule has 1 aliphatic heterocycles. The molecule has 1 atom stereocenters. The largest absolute Gasteiger partial charge is 0.497 e. The van der Waals surface area contributed by atoms with Gasteiger partial charge in [0.2, 0.25) is 21.1 Å². The number of carbonyl (C=O) groups is 1. The fraction of sp³-hybridized carbons (Fsp3) is 0.286. The quantitative estimate of drug-likeness (QED) is 0.608. The molecule has 1 N–H and O–H groups in total. The van der Waals surface area contributed by atoms with Gasteiger partial charge in [-0.25, -0.2) is 8.42 Å². The molecule has 8 nitrogen and oxygen atoms in total. The smallest absolute Gasteiger partial charge is 0.244 e. The number of ether oxygens (including phenoxy) is 1. The maximum Gasteiger partial charge on any atom is 0.244 e. The number of nitrogens with one attached hydrogen (secondary N) is 1. The van der Waals surface area contributed by atoms with Crippen LogP contribution < -0.4 is 10.1 Å². The Labute approximate surface area is 184 Å². The number of anilines is 1. The molecule has 1 aromatic heterocycles. The predicted molar refractivity (Wildman–Crippen MR) is 119 cm³/mol. The lowest BCUT2D eigenvalue weighted by molar-refractivity contribution is -0.119.